The van der Waals surface area contributed by atoms with E-state index in [0.717, 1.165) is 15.6 Å². The molecule has 3 fully saturated rings. The van der Waals surface area contributed by atoms with Crippen molar-refractivity contribution in [3.8, 4) is 0 Å². The van der Waals surface area contributed by atoms with E-state index in [4.69, 9.17) is 0 Å². The average molecular weight is 632 g/mol. The van der Waals surface area contributed by atoms with E-state index in [0.29, 0.717) is 38.9 Å². The van der Waals surface area contributed by atoms with Gasteiger partial charge in [-0.05, 0) is 55.4 Å². The van der Waals surface area contributed by atoms with Gasteiger partial charge in [0, 0.05) is 49.9 Å². The maximum absolute atomic E-state index is 13.6. The van der Waals surface area contributed by atoms with Gasteiger partial charge < -0.3 is 15.1 Å². The summed E-state index contributed by atoms with van der Waals surface area (Å²) in [7, 11) is 1.72. The van der Waals surface area contributed by atoms with E-state index in [2.05, 4.69) is 26.1 Å². The zero-order chi connectivity index (χ0) is 29.2. The van der Waals surface area contributed by atoms with Gasteiger partial charge in [-0.3, -0.25) is 14.5 Å². The first-order valence-corrected chi connectivity index (χ1v) is 15.2. The number of piperidine rings is 1. The molecule has 2 aromatic carbocycles. The predicted molar refractivity (Wildman–Crippen MR) is 155 cm³/mol. The lowest BCUT2D eigenvalue weighted by atomic mass is 9.85. The van der Waals surface area contributed by atoms with Gasteiger partial charge in [-0.2, -0.15) is 0 Å². The van der Waals surface area contributed by atoms with Crippen molar-refractivity contribution in [2.45, 2.75) is 69.0 Å². The molecule has 4 amide bonds. The lowest BCUT2D eigenvalue weighted by Gasteiger charge is -2.41. The SMILES string of the molecule is CN1C(=O)N(Cc2ccc(Br)cc2)C(=O)C12CCN(CC[C@H](NC(=O)C1CCC(F)(F)CC1)c1ccccc1)CC2. The lowest BCUT2D eigenvalue weighted by molar-refractivity contribution is -0.135. The molecule has 2 aromatic rings. The van der Waals surface area contributed by atoms with E-state index in [1.165, 1.54) is 4.90 Å². The summed E-state index contributed by atoms with van der Waals surface area (Å²) in [5.41, 5.74) is 1.04. The number of likely N-dealkylation sites (N-methyl/N-ethyl adjacent to an activating group) is 1. The molecule has 1 spiro atoms. The fourth-order valence-electron chi connectivity index (χ4n) is 6.36. The molecule has 2 aliphatic heterocycles. The van der Waals surface area contributed by atoms with Gasteiger partial charge in [0.05, 0.1) is 12.6 Å². The van der Waals surface area contributed by atoms with Gasteiger partial charge in [0.2, 0.25) is 11.8 Å². The molecule has 1 saturated carbocycles. The smallest absolute Gasteiger partial charge is 0.327 e. The fraction of sp³-hybridized carbons (Fsp3) is 0.516. The third-order valence-electron chi connectivity index (χ3n) is 9.08. The van der Waals surface area contributed by atoms with Gasteiger partial charge in [-0.1, -0.05) is 58.4 Å². The number of imide groups is 1. The molecule has 1 aliphatic carbocycles. The highest BCUT2D eigenvalue weighted by molar-refractivity contribution is 9.10. The van der Waals surface area contributed by atoms with Crippen LogP contribution in [0.2, 0.25) is 0 Å². The van der Waals surface area contributed by atoms with Crippen LogP contribution in [0.4, 0.5) is 13.6 Å². The van der Waals surface area contributed by atoms with Crippen LogP contribution >= 0.6 is 15.9 Å². The molecular formula is C31H37BrF2N4O3. The van der Waals surface area contributed by atoms with Crippen molar-refractivity contribution in [3.63, 3.8) is 0 Å². The van der Waals surface area contributed by atoms with Crippen molar-refractivity contribution in [3.05, 3.63) is 70.2 Å². The summed E-state index contributed by atoms with van der Waals surface area (Å²) in [6.07, 6.45) is 1.66. The lowest BCUT2D eigenvalue weighted by Crippen LogP contribution is -2.55. The Hall–Kier alpha value is -2.85. The summed E-state index contributed by atoms with van der Waals surface area (Å²) in [5, 5.41) is 3.14. The Kier molecular flexibility index (Phi) is 8.80. The number of alkyl halides is 2. The molecule has 7 nitrogen and oxygen atoms in total. The van der Waals surface area contributed by atoms with Crippen molar-refractivity contribution < 1.29 is 23.2 Å². The summed E-state index contributed by atoms with van der Waals surface area (Å²) in [4.78, 5) is 45.0. The summed E-state index contributed by atoms with van der Waals surface area (Å²) in [6, 6.07) is 16.8. The van der Waals surface area contributed by atoms with Crippen molar-refractivity contribution in [1.82, 2.24) is 20.0 Å². The van der Waals surface area contributed by atoms with Crippen LogP contribution in [0.15, 0.2) is 59.1 Å². The molecule has 0 radical (unpaired) electrons. The first kappa shape index (κ1) is 29.6. The number of carbonyl (C=O) groups is 3. The van der Waals surface area contributed by atoms with Gasteiger partial charge in [-0.25, -0.2) is 13.6 Å². The Morgan fingerprint density at radius 3 is 2.27 bits per heavy atom. The number of halogens is 3. The van der Waals surface area contributed by atoms with Gasteiger partial charge in [-0.15, -0.1) is 0 Å². The molecule has 1 N–H and O–H groups in total. The molecule has 10 heteroatoms. The van der Waals surface area contributed by atoms with Crippen molar-refractivity contribution in [2.75, 3.05) is 26.7 Å². The molecule has 2 heterocycles. The topological polar surface area (TPSA) is 73.0 Å². The fourth-order valence-corrected chi connectivity index (χ4v) is 6.63. The number of rotatable bonds is 8. The van der Waals surface area contributed by atoms with Crippen LogP contribution in [0.3, 0.4) is 0 Å². The number of nitrogens with zero attached hydrogens (tertiary/aromatic N) is 3. The minimum absolute atomic E-state index is 0.139. The Balaban J connectivity index is 1.19. The second kappa shape index (κ2) is 12.2. The number of amides is 4. The second-order valence-corrected chi connectivity index (χ2v) is 12.5. The molecule has 0 unspecified atom stereocenters. The Morgan fingerprint density at radius 2 is 1.63 bits per heavy atom. The molecule has 5 rings (SSSR count). The number of likely N-dealkylation sites (tertiary alicyclic amines) is 1. The third kappa shape index (κ3) is 6.48. The molecular weight excluding hydrogens is 594 g/mol. The second-order valence-electron chi connectivity index (χ2n) is 11.6. The minimum Gasteiger partial charge on any atom is -0.349 e. The minimum atomic E-state index is -2.67. The van der Waals surface area contributed by atoms with Gasteiger partial charge >= 0.3 is 6.03 Å². The van der Waals surface area contributed by atoms with E-state index >= 15 is 0 Å². The molecule has 2 saturated heterocycles. The van der Waals surface area contributed by atoms with Crippen molar-refractivity contribution in [1.29, 1.82) is 0 Å². The first-order chi connectivity index (χ1) is 19.6. The largest absolute Gasteiger partial charge is 0.349 e. The van der Waals surface area contributed by atoms with E-state index in [1.54, 1.807) is 11.9 Å². The standard InChI is InChI=1S/C31H37BrF2N4O3/c1-36-29(41)38(21-22-7-9-25(32)10-8-22)28(40)30(36)16-19-37(20-17-30)18-13-26(23-5-3-2-4-6-23)35-27(39)24-11-14-31(33,34)15-12-24/h2-10,24,26H,11-21H2,1H3,(H,35,39)/t26-/m0/s1. The van der Waals surface area contributed by atoms with E-state index in [9.17, 15) is 23.2 Å². The summed E-state index contributed by atoms with van der Waals surface area (Å²) < 4.78 is 28.2. The zero-order valence-electron chi connectivity index (χ0n) is 23.3. The zero-order valence-corrected chi connectivity index (χ0v) is 24.9. The number of benzene rings is 2. The Bertz CT molecular complexity index is 1240. The quantitative estimate of drug-likeness (QED) is 0.377. The first-order valence-electron chi connectivity index (χ1n) is 14.4. The van der Waals surface area contributed by atoms with Gasteiger partial charge in [0.25, 0.3) is 5.91 Å². The molecule has 1 atom stereocenters. The highest BCUT2D eigenvalue weighted by atomic mass is 79.9. The molecule has 41 heavy (non-hydrogen) atoms. The van der Waals surface area contributed by atoms with Crippen LogP contribution in [0.5, 0.6) is 0 Å². The highest BCUT2D eigenvalue weighted by Gasteiger charge is 2.56. The maximum Gasteiger partial charge on any atom is 0.327 e. The normalized spacial score (nSPS) is 21.9. The number of urea groups is 1. The van der Waals surface area contributed by atoms with Crippen molar-refractivity contribution >= 4 is 33.8 Å². The predicted octanol–water partition coefficient (Wildman–Crippen LogP) is 5.75. The number of hydrogen-bond acceptors (Lipinski definition) is 4. The van der Waals surface area contributed by atoms with Crippen LogP contribution in [0.1, 0.15) is 62.1 Å². The molecule has 0 bridgehead atoms. The van der Waals surface area contributed by atoms with Crippen LogP contribution in [0.25, 0.3) is 0 Å². The van der Waals surface area contributed by atoms with Gasteiger partial charge in [0.15, 0.2) is 0 Å². The number of carbonyl (C=O) groups excluding carboxylic acids is 3. The summed E-state index contributed by atoms with van der Waals surface area (Å²) in [5.74, 6) is -3.36. The maximum atomic E-state index is 13.6. The number of nitrogens with one attached hydrogen (secondary N) is 1. The van der Waals surface area contributed by atoms with Gasteiger partial charge in [0.1, 0.15) is 5.54 Å². The van der Waals surface area contributed by atoms with Crippen LogP contribution < -0.4 is 5.32 Å². The van der Waals surface area contributed by atoms with E-state index in [1.807, 2.05) is 54.6 Å². The summed E-state index contributed by atoms with van der Waals surface area (Å²) in [6.45, 7) is 2.26. The van der Waals surface area contributed by atoms with Crippen LogP contribution in [-0.4, -0.2) is 70.7 Å². The van der Waals surface area contributed by atoms with E-state index in [-0.39, 0.29) is 56.1 Å². The Labute approximate surface area is 248 Å². The third-order valence-corrected chi connectivity index (χ3v) is 9.61. The monoisotopic (exact) mass is 630 g/mol. The molecule has 0 aromatic heterocycles. The summed E-state index contributed by atoms with van der Waals surface area (Å²) >= 11 is 3.42. The highest BCUT2D eigenvalue weighted by Crippen LogP contribution is 2.38. The number of hydrogen-bond donors (Lipinski definition) is 1. The van der Waals surface area contributed by atoms with Crippen molar-refractivity contribution in [2.24, 2.45) is 5.92 Å². The van der Waals surface area contributed by atoms with Crippen LogP contribution in [-0.2, 0) is 16.1 Å². The van der Waals surface area contributed by atoms with E-state index < -0.39 is 17.4 Å². The average Bonchev–Trinajstić information content (AvgIpc) is 3.13. The van der Waals surface area contributed by atoms with Crippen LogP contribution in [0, 0.1) is 5.92 Å². The molecule has 220 valence electrons. The molecule has 3 aliphatic rings. The Morgan fingerprint density at radius 1 is 1.00 bits per heavy atom.